The lowest BCUT2D eigenvalue weighted by atomic mass is 9.65. The van der Waals surface area contributed by atoms with Crippen molar-refractivity contribution in [1.29, 1.82) is 5.26 Å². The minimum absolute atomic E-state index is 0.407. The Hall–Kier alpha value is -2.90. The normalized spacial score (nSPS) is 26.8. The van der Waals surface area contributed by atoms with Gasteiger partial charge in [0.25, 0.3) is 0 Å². The first kappa shape index (κ1) is 21.6. The summed E-state index contributed by atoms with van der Waals surface area (Å²) in [4.78, 5) is 0. The van der Waals surface area contributed by atoms with Gasteiger partial charge >= 0.3 is 0 Å². The lowest BCUT2D eigenvalue weighted by molar-refractivity contribution is -0.0912. The highest BCUT2D eigenvalue weighted by Gasteiger charge is 2.48. The largest absolute Gasteiger partial charge is 0.368 e. The monoisotopic (exact) mass is 451 g/mol. The Morgan fingerprint density at radius 2 is 1.53 bits per heavy atom. The van der Waals surface area contributed by atoms with E-state index in [-0.39, 0.29) is 0 Å². The minimum Gasteiger partial charge on any atom is -0.368 e. The Bertz CT molecular complexity index is 1160. The van der Waals surface area contributed by atoms with Crippen molar-refractivity contribution in [2.24, 2.45) is 11.8 Å². The third-order valence-electron chi connectivity index (χ3n) is 8.19. The van der Waals surface area contributed by atoms with E-state index in [1.807, 2.05) is 18.2 Å². The van der Waals surface area contributed by atoms with Gasteiger partial charge in [-0.15, -0.1) is 0 Å². The highest BCUT2D eigenvalue weighted by Crippen LogP contribution is 2.50. The second-order valence-electron chi connectivity index (χ2n) is 10.7. The third-order valence-corrected chi connectivity index (χ3v) is 8.19. The first-order valence-corrected chi connectivity index (χ1v) is 12.9. The van der Waals surface area contributed by atoms with Crippen LogP contribution in [-0.4, -0.2) is 16.4 Å². The molecular formula is C30H33N3O. The minimum atomic E-state index is -0.438. The fourth-order valence-corrected chi connectivity index (χ4v) is 5.50. The first-order chi connectivity index (χ1) is 16.7. The van der Waals surface area contributed by atoms with Crippen LogP contribution in [0.15, 0.2) is 66.7 Å². The number of aromatic nitrogens is 2. The lowest BCUT2D eigenvalue weighted by Crippen LogP contribution is -2.41. The number of hydrogen-bond acceptors (Lipinski definition) is 3. The number of hydrogen-bond donors (Lipinski definition) is 0. The van der Waals surface area contributed by atoms with E-state index in [1.165, 1.54) is 36.9 Å². The Morgan fingerprint density at radius 1 is 0.882 bits per heavy atom. The fourth-order valence-electron chi connectivity index (χ4n) is 5.50. The standard InChI is InChI=1S/C30H33N3O/c31-22-29(26-9-5-2-6-10-26)15-17-30(18-16-29,34-21-24-13-14-24)28-19-27(25-7-3-1-4-8-25)33(32-28)20-23-11-12-23/h1-10,19,23-24H,11-18,20-21H2/t29-,30+. The highest BCUT2D eigenvalue weighted by atomic mass is 16.5. The summed E-state index contributed by atoms with van der Waals surface area (Å²) in [6.45, 7) is 1.79. The second-order valence-corrected chi connectivity index (χ2v) is 10.7. The Kier molecular flexibility index (Phi) is 5.54. The quantitative estimate of drug-likeness (QED) is 0.387. The SMILES string of the molecule is N#C[C@]1(c2ccccc2)CC[C@](OCC2CC2)(c2cc(-c3ccccc3)n(CC3CC3)n2)CC1. The summed E-state index contributed by atoms with van der Waals surface area (Å²) >= 11 is 0. The van der Waals surface area contributed by atoms with Gasteiger partial charge in [-0.05, 0) is 80.4 Å². The fraction of sp³-hybridized carbons (Fsp3) is 0.467. The molecule has 4 heteroatoms. The molecule has 3 aliphatic rings. The van der Waals surface area contributed by atoms with Crippen molar-refractivity contribution in [3.63, 3.8) is 0 Å². The summed E-state index contributed by atoms with van der Waals surface area (Å²) in [5.74, 6) is 1.44. The van der Waals surface area contributed by atoms with Crippen molar-refractivity contribution in [2.45, 2.75) is 68.9 Å². The van der Waals surface area contributed by atoms with Crippen LogP contribution in [0.4, 0.5) is 0 Å². The van der Waals surface area contributed by atoms with Crippen molar-refractivity contribution in [2.75, 3.05) is 6.61 Å². The van der Waals surface area contributed by atoms with Gasteiger partial charge in [0.15, 0.2) is 0 Å². The summed E-state index contributed by atoms with van der Waals surface area (Å²) in [7, 11) is 0. The van der Waals surface area contributed by atoms with Crippen molar-refractivity contribution in [3.8, 4) is 17.3 Å². The van der Waals surface area contributed by atoms with Crippen LogP contribution in [0.3, 0.4) is 0 Å². The summed E-state index contributed by atoms with van der Waals surface area (Å²) in [5.41, 5.74) is 3.76. The van der Waals surface area contributed by atoms with Crippen LogP contribution in [-0.2, 0) is 22.3 Å². The molecule has 0 unspecified atom stereocenters. The van der Waals surface area contributed by atoms with Crippen LogP contribution in [0.25, 0.3) is 11.3 Å². The van der Waals surface area contributed by atoms with E-state index in [4.69, 9.17) is 9.84 Å². The molecule has 3 aliphatic carbocycles. The third kappa shape index (κ3) is 4.18. The summed E-state index contributed by atoms with van der Waals surface area (Å²) in [6, 6.07) is 26.0. The van der Waals surface area contributed by atoms with E-state index in [1.54, 1.807) is 0 Å². The van der Waals surface area contributed by atoms with Gasteiger partial charge in [-0.1, -0.05) is 60.7 Å². The van der Waals surface area contributed by atoms with Gasteiger partial charge in [0.2, 0.25) is 0 Å². The topological polar surface area (TPSA) is 50.8 Å². The number of nitriles is 1. The van der Waals surface area contributed by atoms with Crippen LogP contribution in [0.2, 0.25) is 0 Å². The van der Waals surface area contributed by atoms with Crippen LogP contribution in [0.1, 0.15) is 62.6 Å². The smallest absolute Gasteiger partial charge is 0.112 e. The maximum Gasteiger partial charge on any atom is 0.112 e. The molecule has 174 valence electrons. The van der Waals surface area contributed by atoms with Crippen molar-refractivity contribution in [1.82, 2.24) is 9.78 Å². The molecule has 3 fully saturated rings. The highest BCUT2D eigenvalue weighted by molar-refractivity contribution is 5.60. The van der Waals surface area contributed by atoms with Gasteiger partial charge < -0.3 is 4.74 Å². The molecule has 2 aromatic carbocycles. The zero-order valence-electron chi connectivity index (χ0n) is 19.8. The molecule has 0 N–H and O–H groups in total. The van der Waals surface area contributed by atoms with Crippen LogP contribution >= 0.6 is 0 Å². The van der Waals surface area contributed by atoms with Crippen molar-refractivity contribution < 1.29 is 4.74 Å². The average molecular weight is 452 g/mol. The van der Waals surface area contributed by atoms with Crippen LogP contribution in [0.5, 0.6) is 0 Å². The molecule has 6 rings (SSSR count). The first-order valence-electron chi connectivity index (χ1n) is 12.9. The second kappa shape index (κ2) is 8.71. The summed E-state index contributed by atoms with van der Waals surface area (Å²) in [6.07, 6.45) is 8.40. The van der Waals surface area contributed by atoms with Crippen molar-refractivity contribution >= 4 is 0 Å². The lowest BCUT2D eigenvalue weighted by Gasteiger charge is -2.42. The molecular weight excluding hydrogens is 418 g/mol. The van der Waals surface area contributed by atoms with Gasteiger partial charge in [-0.2, -0.15) is 10.4 Å². The van der Waals surface area contributed by atoms with E-state index in [9.17, 15) is 5.26 Å². The zero-order chi connectivity index (χ0) is 23.0. The molecule has 0 spiro atoms. The predicted molar refractivity (Wildman–Crippen MR) is 133 cm³/mol. The van der Waals surface area contributed by atoms with Crippen molar-refractivity contribution in [3.05, 3.63) is 78.0 Å². The molecule has 1 heterocycles. The van der Waals surface area contributed by atoms with E-state index >= 15 is 0 Å². The molecule has 1 aromatic heterocycles. The van der Waals surface area contributed by atoms with Gasteiger partial charge in [0, 0.05) is 6.54 Å². The van der Waals surface area contributed by atoms with Crippen LogP contribution in [0, 0.1) is 23.2 Å². The average Bonchev–Trinajstić information content (AvgIpc) is 3.83. The number of ether oxygens (including phenoxy) is 1. The molecule has 4 nitrogen and oxygen atoms in total. The Labute approximate surface area is 202 Å². The Morgan fingerprint density at radius 3 is 2.15 bits per heavy atom. The predicted octanol–water partition coefficient (Wildman–Crippen LogP) is 6.62. The number of nitrogens with zero attached hydrogens (tertiary/aromatic N) is 3. The van der Waals surface area contributed by atoms with E-state index < -0.39 is 11.0 Å². The molecule has 0 saturated heterocycles. The van der Waals surface area contributed by atoms with Crippen LogP contribution < -0.4 is 0 Å². The van der Waals surface area contributed by atoms with E-state index in [2.05, 4.69) is 59.3 Å². The van der Waals surface area contributed by atoms with E-state index in [0.717, 1.165) is 56.0 Å². The van der Waals surface area contributed by atoms with Gasteiger partial charge in [0.05, 0.1) is 29.5 Å². The Balaban J connectivity index is 1.35. The zero-order valence-corrected chi connectivity index (χ0v) is 19.8. The summed E-state index contributed by atoms with van der Waals surface area (Å²) < 4.78 is 9.02. The summed E-state index contributed by atoms with van der Waals surface area (Å²) in [5, 5.41) is 15.5. The van der Waals surface area contributed by atoms with Gasteiger partial charge in [0.1, 0.15) is 5.60 Å². The molecule has 3 aromatic rings. The maximum atomic E-state index is 10.3. The molecule has 0 radical (unpaired) electrons. The molecule has 0 aliphatic heterocycles. The van der Waals surface area contributed by atoms with Gasteiger partial charge in [-0.25, -0.2) is 0 Å². The molecule has 34 heavy (non-hydrogen) atoms. The molecule has 0 amide bonds. The molecule has 0 bridgehead atoms. The molecule has 0 atom stereocenters. The van der Waals surface area contributed by atoms with Gasteiger partial charge in [-0.3, -0.25) is 4.68 Å². The number of rotatable bonds is 8. The maximum absolute atomic E-state index is 10.3. The number of benzene rings is 2. The molecule has 3 saturated carbocycles. The van der Waals surface area contributed by atoms with E-state index in [0.29, 0.717) is 5.92 Å².